The molecule has 0 saturated carbocycles. The molecule has 0 aromatic carbocycles. The lowest BCUT2D eigenvalue weighted by Gasteiger charge is -2.40. The summed E-state index contributed by atoms with van der Waals surface area (Å²) in [6.45, 7) is 10.5. The number of esters is 1. The highest BCUT2D eigenvalue weighted by molar-refractivity contribution is 5.87. The second-order valence-corrected chi connectivity index (χ2v) is 7.44. The Morgan fingerprint density at radius 3 is 2.29 bits per heavy atom. The van der Waals surface area contributed by atoms with Gasteiger partial charge in [-0.15, -0.1) is 0 Å². The smallest absolute Gasteiger partial charge is 0.410 e. The van der Waals surface area contributed by atoms with Crippen molar-refractivity contribution >= 4 is 12.1 Å². The molecule has 24 heavy (non-hydrogen) atoms. The quantitative estimate of drug-likeness (QED) is 0.615. The number of aliphatic hydroxyl groups excluding tert-OH is 1. The average Bonchev–Trinajstić information content (AvgIpc) is 2.51. The summed E-state index contributed by atoms with van der Waals surface area (Å²) in [6, 6.07) is 0. The first-order valence-corrected chi connectivity index (χ1v) is 8.55. The zero-order valence-electron chi connectivity index (χ0n) is 15.6. The van der Waals surface area contributed by atoms with Crippen LogP contribution in [0.15, 0.2) is 11.6 Å². The van der Waals surface area contributed by atoms with Gasteiger partial charge in [0, 0.05) is 30.7 Å². The number of carbonyl (C=O) groups is 2. The first kappa shape index (κ1) is 20.5. The van der Waals surface area contributed by atoms with Crippen molar-refractivity contribution in [2.45, 2.75) is 59.5 Å². The molecule has 0 aromatic rings. The molecule has 1 aliphatic heterocycles. The number of ether oxygens (including phenoxy) is 2. The summed E-state index contributed by atoms with van der Waals surface area (Å²) in [6.07, 6.45) is 3.46. The number of likely N-dealkylation sites (tertiary alicyclic amines) is 1. The van der Waals surface area contributed by atoms with Gasteiger partial charge in [0.2, 0.25) is 0 Å². The van der Waals surface area contributed by atoms with Crippen molar-refractivity contribution in [2.75, 3.05) is 26.3 Å². The normalized spacial score (nSPS) is 18.2. The van der Waals surface area contributed by atoms with E-state index in [1.54, 1.807) is 18.7 Å². The van der Waals surface area contributed by atoms with E-state index < -0.39 is 5.60 Å². The molecule has 0 unspecified atom stereocenters. The highest BCUT2D eigenvalue weighted by Gasteiger charge is 2.36. The van der Waals surface area contributed by atoms with Crippen molar-refractivity contribution in [3.8, 4) is 0 Å². The number of carbonyl (C=O) groups excluding carboxylic acids is 2. The molecule has 0 aliphatic carbocycles. The number of nitrogens with zero attached hydrogens (tertiary/aromatic N) is 1. The minimum atomic E-state index is -0.512. The van der Waals surface area contributed by atoms with Gasteiger partial charge in [-0.2, -0.15) is 0 Å². The van der Waals surface area contributed by atoms with Gasteiger partial charge in [-0.1, -0.05) is 6.08 Å². The SMILES string of the molecule is CCOC(=O)C(C)=CCC1(CO)CCN(C(=O)OC(C)(C)C)CC1. The Bertz CT molecular complexity index is 470. The van der Waals surface area contributed by atoms with E-state index in [1.165, 1.54) is 0 Å². The lowest BCUT2D eigenvalue weighted by molar-refractivity contribution is -0.138. The largest absolute Gasteiger partial charge is 0.463 e. The van der Waals surface area contributed by atoms with Crippen LogP contribution in [0.5, 0.6) is 0 Å². The maximum absolute atomic E-state index is 12.1. The van der Waals surface area contributed by atoms with Crippen molar-refractivity contribution in [3.63, 3.8) is 0 Å². The summed E-state index contributed by atoms with van der Waals surface area (Å²) >= 11 is 0. The Hall–Kier alpha value is -1.56. The molecule has 1 saturated heterocycles. The molecule has 0 aromatic heterocycles. The van der Waals surface area contributed by atoms with E-state index in [2.05, 4.69) is 0 Å². The summed E-state index contributed by atoms with van der Waals surface area (Å²) in [5.74, 6) is -0.322. The van der Waals surface area contributed by atoms with Gasteiger partial charge in [-0.25, -0.2) is 9.59 Å². The number of allylic oxidation sites excluding steroid dienone is 1. The molecule has 1 rings (SSSR count). The molecule has 6 heteroatoms. The lowest BCUT2D eigenvalue weighted by atomic mass is 9.76. The molecule has 0 bridgehead atoms. The van der Waals surface area contributed by atoms with Gasteiger partial charge in [-0.3, -0.25) is 0 Å². The number of hydrogen-bond acceptors (Lipinski definition) is 5. The van der Waals surface area contributed by atoms with Crippen LogP contribution in [0.25, 0.3) is 0 Å². The second-order valence-electron chi connectivity index (χ2n) is 7.44. The maximum Gasteiger partial charge on any atom is 0.410 e. The van der Waals surface area contributed by atoms with E-state index in [0.717, 1.165) is 0 Å². The van der Waals surface area contributed by atoms with Crippen molar-refractivity contribution in [1.29, 1.82) is 0 Å². The number of hydrogen-bond donors (Lipinski definition) is 1. The monoisotopic (exact) mass is 341 g/mol. The molecule has 138 valence electrons. The maximum atomic E-state index is 12.1. The zero-order valence-corrected chi connectivity index (χ0v) is 15.6. The Morgan fingerprint density at radius 1 is 1.25 bits per heavy atom. The van der Waals surface area contributed by atoms with Gasteiger partial charge in [0.05, 0.1) is 6.61 Å². The first-order valence-electron chi connectivity index (χ1n) is 8.55. The summed E-state index contributed by atoms with van der Waals surface area (Å²) < 4.78 is 10.4. The summed E-state index contributed by atoms with van der Waals surface area (Å²) in [7, 11) is 0. The van der Waals surface area contributed by atoms with Crippen molar-refractivity contribution in [1.82, 2.24) is 4.90 Å². The fourth-order valence-corrected chi connectivity index (χ4v) is 2.61. The standard InChI is InChI=1S/C18H31NO5/c1-6-23-15(21)14(2)7-8-18(13-20)9-11-19(12-10-18)16(22)24-17(3,4)5/h7,20H,6,8-13H2,1-5H3. The number of amides is 1. The molecular weight excluding hydrogens is 310 g/mol. The van der Waals surface area contributed by atoms with Crippen LogP contribution < -0.4 is 0 Å². The molecule has 1 fully saturated rings. The fraction of sp³-hybridized carbons (Fsp3) is 0.778. The van der Waals surface area contributed by atoms with E-state index >= 15 is 0 Å². The van der Waals surface area contributed by atoms with Crippen LogP contribution in [-0.4, -0.2) is 54.0 Å². The van der Waals surface area contributed by atoms with E-state index in [4.69, 9.17) is 9.47 Å². The third-order valence-corrected chi connectivity index (χ3v) is 4.25. The Kier molecular flexibility index (Phi) is 7.27. The van der Waals surface area contributed by atoms with Gasteiger partial charge in [0.15, 0.2) is 0 Å². The summed E-state index contributed by atoms with van der Waals surface area (Å²) in [4.78, 5) is 25.5. The van der Waals surface area contributed by atoms with Crippen molar-refractivity contribution in [2.24, 2.45) is 5.41 Å². The van der Waals surface area contributed by atoms with Gasteiger partial charge >= 0.3 is 12.1 Å². The number of piperidine rings is 1. The molecule has 0 atom stereocenters. The molecule has 1 heterocycles. The van der Waals surface area contributed by atoms with Crippen LogP contribution in [0.2, 0.25) is 0 Å². The molecule has 6 nitrogen and oxygen atoms in total. The zero-order chi connectivity index (χ0) is 18.4. The Labute approximate surface area is 144 Å². The highest BCUT2D eigenvalue weighted by Crippen LogP contribution is 2.35. The van der Waals surface area contributed by atoms with Crippen LogP contribution in [0.3, 0.4) is 0 Å². The van der Waals surface area contributed by atoms with Gasteiger partial charge < -0.3 is 19.5 Å². The third kappa shape index (κ3) is 6.15. The topological polar surface area (TPSA) is 76.1 Å². The second kappa shape index (κ2) is 8.51. The lowest BCUT2D eigenvalue weighted by Crippen LogP contribution is -2.46. The summed E-state index contributed by atoms with van der Waals surface area (Å²) in [5.41, 5.74) is -0.256. The molecular formula is C18H31NO5. The Balaban J connectivity index is 2.62. The average molecular weight is 341 g/mol. The van der Waals surface area contributed by atoms with E-state index in [-0.39, 0.29) is 24.1 Å². The number of rotatable bonds is 5. The summed E-state index contributed by atoms with van der Waals surface area (Å²) in [5, 5.41) is 9.83. The van der Waals surface area contributed by atoms with Crippen LogP contribution in [-0.2, 0) is 14.3 Å². The van der Waals surface area contributed by atoms with Crippen LogP contribution in [0.1, 0.15) is 53.9 Å². The van der Waals surface area contributed by atoms with Crippen LogP contribution >= 0.6 is 0 Å². The third-order valence-electron chi connectivity index (χ3n) is 4.25. The predicted octanol–water partition coefficient (Wildman–Crippen LogP) is 2.90. The van der Waals surface area contributed by atoms with Gasteiger partial charge in [0.1, 0.15) is 5.60 Å². The van der Waals surface area contributed by atoms with Crippen molar-refractivity contribution < 1.29 is 24.2 Å². The van der Waals surface area contributed by atoms with E-state index in [0.29, 0.717) is 44.5 Å². The van der Waals surface area contributed by atoms with Gasteiger partial charge in [0.25, 0.3) is 0 Å². The van der Waals surface area contributed by atoms with E-state index in [1.807, 2.05) is 26.8 Å². The molecule has 1 N–H and O–H groups in total. The minimum Gasteiger partial charge on any atom is -0.463 e. The van der Waals surface area contributed by atoms with E-state index in [9.17, 15) is 14.7 Å². The molecule has 1 amide bonds. The minimum absolute atomic E-state index is 0.0295. The Morgan fingerprint density at radius 2 is 1.83 bits per heavy atom. The highest BCUT2D eigenvalue weighted by atomic mass is 16.6. The molecule has 0 spiro atoms. The van der Waals surface area contributed by atoms with Gasteiger partial charge in [-0.05, 0) is 53.9 Å². The first-order chi connectivity index (χ1) is 11.1. The van der Waals surface area contributed by atoms with Crippen molar-refractivity contribution in [3.05, 3.63) is 11.6 Å². The van der Waals surface area contributed by atoms with Crippen LogP contribution in [0, 0.1) is 5.41 Å². The number of aliphatic hydroxyl groups is 1. The predicted molar refractivity (Wildman–Crippen MR) is 91.6 cm³/mol. The molecule has 1 aliphatic rings. The fourth-order valence-electron chi connectivity index (χ4n) is 2.61. The van der Waals surface area contributed by atoms with Crippen LogP contribution in [0.4, 0.5) is 4.79 Å². The molecule has 0 radical (unpaired) electrons.